The van der Waals surface area contributed by atoms with Crippen molar-refractivity contribution in [2.45, 2.75) is 66.0 Å². The van der Waals surface area contributed by atoms with Crippen LogP contribution in [0.5, 0.6) is 11.5 Å². The first kappa shape index (κ1) is 21.8. The lowest BCUT2D eigenvalue weighted by molar-refractivity contribution is -0.128. The van der Waals surface area contributed by atoms with Gasteiger partial charge in [-0.15, -0.1) is 0 Å². The number of hydrogen-bond donors (Lipinski definition) is 1. The Balaban J connectivity index is 2.17. The second-order valence-electron chi connectivity index (χ2n) is 7.67. The normalized spacial score (nSPS) is 13.1. The Bertz CT molecular complexity index is 813. The van der Waals surface area contributed by atoms with E-state index in [4.69, 9.17) is 9.47 Å². The number of amides is 1. The summed E-state index contributed by atoms with van der Waals surface area (Å²) in [5.74, 6) is 1.85. The molecule has 0 heterocycles. The van der Waals surface area contributed by atoms with Crippen LogP contribution in [-0.2, 0) is 4.79 Å². The van der Waals surface area contributed by atoms with E-state index in [1.165, 1.54) is 0 Å². The zero-order valence-corrected chi connectivity index (χ0v) is 18.1. The van der Waals surface area contributed by atoms with E-state index in [0.29, 0.717) is 12.3 Å². The van der Waals surface area contributed by atoms with Gasteiger partial charge in [0, 0.05) is 0 Å². The maximum absolute atomic E-state index is 12.8. The average molecular weight is 384 g/mol. The zero-order chi connectivity index (χ0) is 20.8. The van der Waals surface area contributed by atoms with Crippen molar-refractivity contribution in [3.8, 4) is 11.5 Å². The highest BCUT2D eigenvalue weighted by molar-refractivity contribution is 5.81. The number of ether oxygens (including phenoxy) is 2. The molecule has 2 atom stereocenters. The molecular weight excluding hydrogens is 350 g/mol. The van der Waals surface area contributed by atoms with Crippen molar-refractivity contribution in [1.82, 2.24) is 5.32 Å². The van der Waals surface area contributed by atoms with E-state index in [-0.39, 0.29) is 11.9 Å². The van der Waals surface area contributed by atoms with Gasteiger partial charge in [-0.25, -0.2) is 0 Å². The van der Waals surface area contributed by atoms with E-state index in [1.807, 2.05) is 58.0 Å². The SMILES string of the molecule is CC[C@@H](Oc1cccc(C)c1)C(=O)N[C@H](C)c1cc(C(C)C)c(OC)cc1C. The fourth-order valence-corrected chi connectivity index (χ4v) is 3.37. The third-order valence-corrected chi connectivity index (χ3v) is 5.00. The lowest BCUT2D eigenvalue weighted by Crippen LogP contribution is -2.39. The van der Waals surface area contributed by atoms with Gasteiger partial charge in [-0.3, -0.25) is 4.79 Å². The van der Waals surface area contributed by atoms with Crippen LogP contribution < -0.4 is 14.8 Å². The molecule has 2 aromatic rings. The predicted molar refractivity (Wildman–Crippen MR) is 114 cm³/mol. The van der Waals surface area contributed by atoms with Crippen LogP contribution in [0.15, 0.2) is 36.4 Å². The van der Waals surface area contributed by atoms with Gasteiger partial charge in [-0.2, -0.15) is 0 Å². The van der Waals surface area contributed by atoms with Crippen molar-refractivity contribution in [3.05, 3.63) is 58.7 Å². The number of hydrogen-bond acceptors (Lipinski definition) is 3. The second-order valence-corrected chi connectivity index (χ2v) is 7.67. The molecule has 28 heavy (non-hydrogen) atoms. The summed E-state index contributed by atoms with van der Waals surface area (Å²) in [5.41, 5.74) is 4.45. The smallest absolute Gasteiger partial charge is 0.261 e. The third kappa shape index (κ3) is 5.28. The zero-order valence-electron chi connectivity index (χ0n) is 18.1. The lowest BCUT2D eigenvalue weighted by atomic mass is 9.93. The Morgan fingerprint density at radius 1 is 1.07 bits per heavy atom. The molecule has 2 aromatic carbocycles. The topological polar surface area (TPSA) is 47.6 Å². The summed E-state index contributed by atoms with van der Waals surface area (Å²) in [7, 11) is 1.69. The Labute approximate surface area is 169 Å². The molecule has 0 bridgehead atoms. The van der Waals surface area contributed by atoms with Crippen LogP contribution in [0, 0.1) is 13.8 Å². The first-order chi connectivity index (χ1) is 13.3. The molecule has 0 aromatic heterocycles. The van der Waals surface area contributed by atoms with Crippen molar-refractivity contribution >= 4 is 5.91 Å². The van der Waals surface area contributed by atoms with Crippen LogP contribution in [0.2, 0.25) is 0 Å². The molecule has 0 aliphatic carbocycles. The number of aryl methyl sites for hydroxylation is 2. The molecule has 0 aliphatic rings. The van der Waals surface area contributed by atoms with Gasteiger partial charge in [0.05, 0.1) is 13.2 Å². The summed E-state index contributed by atoms with van der Waals surface area (Å²) < 4.78 is 11.5. The van der Waals surface area contributed by atoms with Gasteiger partial charge in [0.25, 0.3) is 5.91 Å². The Kier molecular flexibility index (Phi) is 7.50. The molecule has 0 saturated carbocycles. The summed E-state index contributed by atoms with van der Waals surface area (Å²) >= 11 is 0. The van der Waals surface area contributed by atoms with Gasteiger partial charge in [-0.05, 0) is 79.6 Å². The van der Waals surface area contributed by atoms with Crippen molar-refractivity contribution in [2.24, 2.45) is 0 Å². The summed E-state index contributed by atoms with van der Waals surface area (Å²) in [6.07, 6.45) is 0.0816. The number of benzene rings is 2. The lowest BCUT2D eigenvalue weighted by Gasteiger charge is -2.23. The van der Waals surface area contributed by atoms with Crippen molar-refractivity contribution in [1.29, 1.82) is 0 Å². The highest BCUT2D eigenvalue weighted by Gasteiger charge is 2.22. The van der Waals surface area contributed by atoms with Crippen molar-refractivity contribution < 1.29 is 14.3 Å². The van der Waals surface area contributed by atoms with E-state index in [2.05, 4.69) is 25.2 Å². The van der Waals surface area contributed by atoms with Gasteiger partial charge >= 0.3 is 0 Å². The minimum absolute atomic E-state index is 0.0992. The molecule has 0 aliphatic heterocycles. The quantitative estimate of drug-likeness (QED) is 0.657. The van der Waals surface area contributed by atoms with E-state index < -0.39 is 6.10 Å². The number of carbonyl (C=O) groups excluding carboxylic acids is 1. The monoisotopic (exact) mass is 383 g/mol. The minimum atomic E-state index is -0.521. The third-order valence-electron chi connectivity index (χ3n) is 5.00. The molecule has 1 N–H and O–H groups in total. The highest BCUT2D eigenvalue weighted by atomic mass is 16.5. The van der Waals surface area contributed by atoms with Gasteiger partial charge in [0.15, 0.2) is 6.10 Å². The fraction of sp³-hybridized carbons (Fsp3) is 0.458. The van der Waals surface area contributed by atoms with Crippen LogP contribution in [0.4, 0.5) is 0 Å². The largest absolute Gasteiger partial charge is 0.496 e. The summed E-state index contributed by atoms with van der Waals surface area (Å²) in [5, 5.41) is 3.12. The number of carbonyl (C=O) groups is 1. The average Bonchev–Trinajstić information content (AvgIpc) is 2.65. The maximum atomic E-state index is 12.8. The summed E-state index contributed by atoms with van der Waals surface area (Å²) in [4.78, 5) is 12.8. The van der Waals surface area contributed by atoms with Crippen LogP contribution >= 0.6 is 0 Å². The first-order valence-corrected chi connectivity index (χ1v) is 9.98. The standard InChI is InChI=1S/C24H33NO3/c1-8-22(28-19-11-9-10-16(4)12-19)24(26)25-18(6)21-14-20(15(2)3)23(27-7)13-17(21)5/h9-15,18,22H,8H2,1-7H3,(H,25,26)/t18-,22-/m1/s1. The first-order valence-electron chi connectivity index (χ1n) is 9.98. The van der Waals surface area contributed by atoms with Crippen molar-refractivity contribution in [3.63, 3.8) is 0 Å². The van der Waals surface area contributed by atoms with Gasteiger partial charge in [0.2, 0.25) is 0 Å². The number of nitrogens with one attached hydrogen (secondary N) is 1. The summed E-state index contributed by atoms with van der Waals surface area (Å²) in [6, 6.07) is 11.9. The van der Waals surface area contributed by atoms with E-state index >= 15 is 0 Å². The molecule has 2 rings (SSSR count). The minimum Gasteiger partial charge on any atom is -0.496 e. The molecule has 1 amide bonds. The molecule has 4 heteroatoms. The fourth-order valence-electron chi connectivity index (χ4n) is 3.37. The number of rotatable bonds is 8. The molecule has 0 radical (unpaired) electrons. The van der Waals surface area contributed by atoms with E-state index in [1.54, 1.807) is 7.11 Å². The van der Waals surface area contributed by atoms with Crippen molar-refractivity contribution in [2.75, 3.05) is 7.11 Å². The Morgan fingerprint density at radius 3 is 2.36 bits per heavy atom. The van der Waals surface area contributed by atoms with E-state index in [0.717, 1.165) is 33.8 Å². The van der Waals surface area contributed by atoms with Crippen LogP contribution in [0.3, 0.4) is 0 Å². The molecule has 152 valence electrons. The molecular formula is C24H33NO3. The molecule has 4 nitrogen and oxygen atoms in total. The molecule has 0 spiro atoms. The van der Waals surface area contributed by atoms with Gasteiger partial charge < -0.3 is 14.8 Å². The Morgan fingerprint density at radius 2 is 1.79 bits per heavy atom. The molecule has 0 unspecified atom stereocenters. The van der Waals surface area contributed by atoms with Gasteiger partial charge in [-0.1, -0.05) is 32.9 Å². The number of methoxy groups -OCH3 is 1. The molecule has 0 saturated heterocycles. The van der Waals surface area contributed by atoms with E-state index in [9.17, 15) is 4.79 Å². The summed E-state index contributed by atoms with van der Waals surface area (Å²) in [6.45, 7) is 12.3. The highest BCUT2D eigenvalue weighted by Crippen LogP contribution is 2.32. The molecule has 0 fully saturated rings. The van der Waals surface area contributed by atoms with Gasteiger partial charge in [0.1, 0.15) is 11.5 Å². The second kappa shape index (κ2) is 9.63. The van der Waals surface area contributed by atoms with Crippen LogP contribution in [0.25, 0.3) is 0 Å². The maximum Gasteiger partial charge on any atom is 0.261 e. The van der Waals surface area contributed by atoms with Crippen LogP contribution in [-0.4, -0.2) is 19.1 Å². The Hall–Kier alpha value is -2.49. The van der Waals surface area contributed by atoms with Crippen LogP contribution in [0.1, 0.15) is 68.3 Å². The predicted octanol–water partition coefficient (Wildman–Crippen LogP) is 5.47.